The van der Waals surface area contributed by atoms with Gasteiger partial charge in [-0.15, -0.1) is 0 Å². The van der Waals surface area contributed by atoms with Crippen molar-refractivity contribution in [2.45, 2.75) is 6.42 Å². The van der Waals surface area contributed by atoms with Crippen molar-refractivity contribution in [3.63, 3.8) is 0 Å². The predicted octanol–water partition coefficient (Wildman–Crippen LogP) is -0.0176. The molecular formula is C10H7O2-. The van der Waals surface area contributed by atoms with E-state index < -0.39 is 5.97 Å². The van der Waals surface area contributed by atoms with Crippen LogP contribution in [0, 0.1) is 11.8 Å². The van der Waals surface area contributed by atoms with Crippen molar-refractivity contribution in [1.82, 2.24) is 0 Å². The Kier molecular flexibility index (Phi) is 2.92. The number of benzene rings is 1. The summed E-state index contributed by atoms with van der Waals surface area (Å²) in [4.78, 5) is 9.90. The number of hydrogen-bond donors (Lipinski definition) is 0. The molecule has 1 rings (SSSR count). The second-order valence-electron chi connectivity index (χ2n) is 2.25. The molecule has 0 aliphatic carbocycles. The first kappa shape index (κ1) is 8.35. The summed E-state index contributed by atoms with van der Waals surface area (Å²) in [5.41, 5.74) is 1.01. The summed E-state index contributed by atoms with van der Waals surface area (Å²) in [6.45, 7) is 0. The van der Waals surface area contributed by atoms with Crippen molar-refractivity contribution < 1.29 is 9.90 Å². The molecule has 0 atom stereocenters. The van der Waals surface area contributed by atoms with Crippen molar-refractivity contribution in [2.75, 3.05) is 0 Å². The fourth-order valence-corrected chi connectivity index (χ4v) is 0.814. The lowest BCUT2D eigenvalue weighted by molar-refractivity contribution is -0.295. The molecule has 0 saturated heterocycles. The van der Waals surface area contributed by atoms with Gasteiger partial charge in [0.25, 0.3) is 0 Å². The number of aliphatic carboxylic acids is 1. The van der Waals surface area contributed by atoms with Gasteiger partial charge < -0.3 is 9.90 Å². The zero-order valence-corrected chi connectivity index (χ0v) is 6.41. The Bertz CT molecular complexity index is 317. The molecule has 0 unspecified atom stereocenters. The first-order valence-corrected chi connectivity index (χ1v) is 3.53. The van der Waals surface area contributed by atoms with Gasteiger partial charge in [-0.2, -0.15) is 0 Å². The Balaban J connectivity index is 2.56. The summed E-state index contributed by atoms with van der Waals surface area (Å²) in [6, 6.07) is 9.45. The van der Waals surface area contributed by atoms with Crippen molar-refractivity contribution >= 4 is 5.97 Å². The van der Waals surface area contributed by atoms with Gasteiger partial charge in [-0.1, -0.05) is 36.3 Å². The largest absolute Gasteiger partial charge is 0.537 e. The topological polar surface area (TPSA) is 40.1 Å². The second-order valence-corrected chi connectivity index (χ2v) is 2.25. The molecule has 0 aliphatic rings. The van der Waals surface area contributed by atoms with Gasteiger partial charge in [-0.05, 0) is 11.5 Å². The van der Waals surface area contributed by atoms with E-state index in [0.717, 1.165) is 5.56 Å². The molecule has 0 bridgehead atoms. The van der Waals surface area contributed by atoms with Gasteiger partial charge in [-0.3, -0.25) is 0 Å². The highest BCUT2D eigenvalue weighted by atomic mass is 16.4. The van der Waals surface area contributed by atoms with Crippen LogP contribution in [0.3, 0.4) is 0 Å². The summed E-state index contributed by atoms with van der Waals surface area (Å²) in [6.07, 6.45) is 0.453. The average Bonchev–Trinajstić information content (AvgIpc) is 2.05. The van der Waals surface area contributed by atoms with Crippen LogP contribution in [0.5, 0.6) is 0 Å². The van der Waals surface area contributed by atoms with E-state index in [-0.39, 0.29) is 0 Å². The van der Waals surface area contributed by atoms with Crippen LogP contribution < -0.4 is 5.11 Å². The number of carboxylic acids is 1. The molecule has 0 spiro atoms. The first-order chi connectivity index (χ1) is 5.79. The molecule has 0 radical (unpaired) electrons. The first-order valence-electron chi connectivity index (χ1n) is 3.53. The van der Waals surface area contributed by atoms with Crippen LogP contribution in [0.25, 0.3) is 0 Å². The van der Waals surface area contributed by atoms with Crippen LogP contribution in [0.2, 0.25) is 0 Å². The Hall–Kier alpha value is -1.75. The molecule has 0 amide bonds. The van der Waals surface area contributed by atoms with Gasteiger partial charge in [0.15, 0.2) is 0 Å². The lowest BCUT2D eigenvalue weighted by Crippen LogP contribution is -2.19. The normalized spacial score (nSPS) is 8.33. The van der Waals surface area contributed by atoms with E-state index in [2.05, 4.69) is 5.92 Å². The van der Waals surface area contributed by atoms with E-state index in [1.807, 2.05) is 36.3 Å². The van der Waals surface area contributed by atoms with Crippen molar-refractivity contribution in [1.29, 1.82) is 0 Å². The molecule has 1 aromatic rings. The molecule has 0 heterocycles. The highest BCUT2D eigenvalue weighted by molar-refractivity contribution is 5.84. The molecule has 0 saturated carbocycles. The quantitative estimate of drug-likeness (QED) is 0.540. The molecule has 0 aliphatic heterocycles. The average molecular weight is 159 g/mol. The van der Waals surface area contributed by atoms with Crippen molar-refractivity contribution in [3.8, 4) is 11.8 Å². The molecular weight excluding hydrogens is 152 g/mol. The maximum Gasteiger partial charge on any atom is 0.116 e. The Morgan fingerprint density at radius 2 is 2.00 bits per heavy atom. The van der Waals surface area contributed by atoms with Crippen LogP contribution in [-0.4, -0.2) is 5.97 Å². The highest BCUT2D eigenvalue weighted by Gasteiger charge is 1.84. The molecule has 0 N–H and O–H groups in total. The van der Waals surface area contributed by atoms with Gasteiger partial charge in [0.05, 0.1) is 0 Å². The summed E-state index contributed by atoms with van der Waals surface area (Å²) in [5, 5.41) is 9.90. The zero-order valence-electron chi connectivity index (χ0n) is 6.41. The summed E-state index contributed by atoms with van der Waals surface area (Å²) >= 11 is 0. The number of rotatable bonds is 1. The van der Waals surface area contributed by atoms with E-state index in [0.29, 0.717) is 6.42 Å². The lowest BCUT2D eigenvalue weighted by atomic mass is 10.2. The summed E-state index contributed by atoms with van der Waals surface area (Å²) in [7, 11) is 0. The van der Waals surface area contributed by atoms with Crippen LogP contribution in [0.4, 0.5) is 0 Å². The Morgan fingerprint density at radius 3 is 2.58 bits per heavy atom. The smallest absolute Gasteiger partial charge is 0.116 e. The van der Waals surface area contributed by atoms with Gasteiger partial charge in [0.2, 0.25) is 0 Å². The molecule has 1 aromatic carbocycles. The summed E-state index contributed by atoms with van der Waals surface area (Å²) in [5.74, 6) is 3.11. The van der Waals surface area contributed by atoms with Gasteiger partial charge >= 0.3 is 0 Å². The van der Waals surface area contributed by atoms with E-state index in [1.54, 1.807) is 0 Å². The predicted molar refractivity (Wildman–Crippen MR) is 42.9 cm³/mol. The lowest BCUT2D eigenvalue weighted by Gasteiger charge is -1.91. The van der Waals surface area contributed by atoms with Crippen LogP contribution in [0.15, 0.2) is 30.3 Å². The number of hydrogen-bond acceptors (Lipinski definition) is 2. The molecule has 12 heavy (non-hydrogen) atoms. The standard InChI is InChI=1S/C10H8O2/c11-10(12)8-4-7-9-5-2-1-3-6-9/h1-3,5-6H,7H2,(H,11,12)/p-1. The van der Waals surface area contributed by atoms with E-state index in [4.69, 9.17) is 0 Å². The van der Waals surface area contributed by atoms with Crippen molar-refractivity contribution in [3.05, 3.63) is 35.9 Å². The SMILES string of the molecule is O=C([O-])C#CCc1ccccc1. The number of carboxylic acid groups (broad SMARTS) is 1. The van der Waals surface area contributed by atoms with Crippen LogP contribution >= 0.6 is 0 Å². The second kappa shape index (κ2) is 4.20. The maximum absolute atomic E-state index is 9.90. The van der Waals surface area contributed by atoms with Crippen LogP contribution in [0.1, 0.15) is 5.56 Å². The third-order valence-electron chi connectivity index (χ3n) is 1.33. The fraction of sp³-hybridized carbons (Fsp3) is 0.100. The summed E-state index contributed by atoms with van der Waals surface area (Å²) < 4.78 is 0. The maximum atomic E-state index is 9.90. The fourth-order valence-electron chi connectivity index (χ4n) is 0.814. The third-order valence-corrected chi connectivity index (χ3v) is 1.33. The molecule has 0 aromatic heterocycles. The van der Waals surface area contributed by atoms with Gasteiger partial charge in [0.1, 0.15) is 5.97 Å². The van der Waals surface area contributed by atoms with E-state index >= 15 is 0 Å². The molecule has 2 nitrogen and oxygen atoms in total. The minimum Gasteiger partial charge on any atom is -0.537 e. The highest BCUT2D eigenvalue weighted by Crippen LogP contribution is 1.97. The van der Waals surface area contributed by atoms with Crippen molar-refractivity contribution in [2.24, 2.45) is 0 Å². The monoisotopic (exact) mass is 159 g/mol. The Labute approximate surface area is 70.8 Å². The van der Waals surface area contributed by atoms with E-state index in [1.165, 1.54) is 0 Å². The van der Waals surface area contributed by atoms with E-state index in [9.17, 15) is 9.90 Å². The molecule has 0 fully saturated rings. The van der Waals surface area contributed by atoms with Gasteiger partial charge in [0, 0.05) is 6.42 Å². The number of carbonyl (C=O) groups excluding carboxylic acids is 1. The van der Waals surface area contributed by atoms with Crippen LogP contribution in [-0.2, 0) is 11.2 Å². The number of carbonyl (C=O) groups is 1. The molecule has 2 heteroatoms. The third kappa shape index (κ3) is 2.89. The zero-order chi connectivity index (χ0) is 8.81. The van der Waals surface area contributed by atoms with Gasteiger partial charge in [-0.25, -0.2) is 0 Å². The molecule has 60 valence electrons. The minimum atomic E-state index is -1.33. The Morgan fingerprint density at radius 1 is 1.33 bits per heavy atom. The minimum absolute atomic E-state index is 0.453.